The summed E-state index contributed by atoms with van der Waals surface area (Å²) in [6.45, 7) is 5.36. The average molecular weight is 393 g/mol. The van der Waals surface area contributed by atoms with E-state index in [1.54, 1.807) is 24.7 Å². The third-order valence-corrected chi connectivity index (χ3v) is 4.48. The van der Waals surface area contributed by atoms with Gasteiger partial charge in [-0.25, -0.2) is 4.98 Å². The second kappa shape index (κ2) is 10.7. The maximum atomic E-state index is 5.81. The molecule has 0 radical (unpaired) electrons. The first-order chi connectivity index (χ1) is 12.6. The number of hydrogen-bond acceptors (Lipinski definition) is 6. The Balaban J connectivity index is 1.90. The Morgan fingerprint density at radius 1 is 1.38 bits per heavy atom. The summed E-state index contributed by atoms with van der Waals surface area (Å²) < 4.78 is 11.2. The summed E-state index contributed by atoms with van der Waals surface area (Å²) >= 11 is 6.76. The van der Waals surface area contributed by atoms with Crippen molar-refractivity contribution in [1.29, 1.82) is 0 Å². The van der Waals surface area contributed by atoms with Gasteiger partial charge in [0, 0.05) is 11.9 Å². The van der Waals surface area contributed by atoms with Crippen LogP contribution in [0.2, 0.25) is 0 Å². The van der Waals surface area contributed by atoms with Gasteiger partial charge in [-0.1, -0.05) is 13.3 Å². The van der Waals surface area contributed by atoms with Crippen LogP contribution in [0.15, 0.2) is 28.7 Å². The Hall–Kier alpha value is -2.19. The fourth-order valence-electron chi connectivity index (χ4n) is 2.09. The molecule has 0 bridgehead atoms. The van der Waals surface area contributed by atoms with Crippen LogP contribution in [-0.2, 0) is 6.61 Å². The molecule has 1 heterocycles. The number of methoxy groups -OCH3 is 1. The average Bonchev–Trinajstić information content (AvgIpc) is 3.06. The zero-order chi connectivity index (χ0) is 18.8. The first-order valence-electron chi connectivity index (χ1n) is 8.41. The lowest BCUT2D eigenvalue weighted by atomic mass is 10.2. The van der Waals surface area contributed by atoms with Crippen molar-refractivity contribution in [2.45, 2.75) is 33.3 Å². The molecule has 0 aliphatic heterocycles. The van der Waals surface area contributed by atoms with E-state index in [1.165, 1.54) is 0 Å². The third-order valence-electron chi connectivity index (χ3n) is 3.43. The van der Waals surface area contributed by atoms with E-state index in [0.29, 0.717) is 23.2 Å². The van der Waals surface area contributed by atoms with E-state index in [4.69, 9.17) is 21.7 Å². The lowest BCUT2D eigenvalue weighted by Crippen LogP contribution is -2.32. The predicted octanol–water partition coefficient (Wildman–Crippen LogP) is 3.64. The van der Waals surface area contributed by atoms with Gasteiger partial charge in [0.25, 0.3) is 0 Å². The molecule has 1 aromatic heterocycles. The standard InChI is InChI=1S/C18H24N4O2S2/c1-4-5-8-19-18(25)22-20-10-14-6-7-16(17(9-14)23-3)24-11-15-12-26-13(2)21-15/h6-7,9-10,12H,4-5,8,11H2,1-3H3,(H2,19,22,25)/b20-10-. The fraction of sp³-hybridized carbons (Fsp3) is 0.389. The minimum absolute atomic E-state index is 0.410. The number of nitrogens with one attached hydrogen (secondary N) is 2. The Bertz CT molecular complexity index is 747. The Kier molecular flexibility index (Phi) is 8.30. The molecular weight excluding hydrogens is 368 g/mol. The molecule has 2 aromatic rings. The fourth-order valence-corrected chi connectivity index (χ4v) is 2.85. The Morgan fingerprint density at radius 2 is 2.23 bits per heavy atom. The van der Waals surface area contributed by atoms with E-state index in [1.807, 2.05) is 30.5 Å². The minimum Gasteiger partial charge on any atom is -0.493 e. The number of nitrogens with zero attached hydrogens (tertiary/aromatic N) is 2. The van der Waals surface area contributed by atoms with Gasteiger partial charge in [-0.3, -0.25) is 5.43 Å². The van der Waals surface area contributed by atoms with Crippen LogP contribution in [0.5, 0.6) is 11.5 Å². The molecule has 8 heteroatoms. The summed E-state index contributed by atoms with van der Waals surface area (Å²) in [5.41, 5.74) is 4.59. The van der Waals surface area contributed by atoms with Crippen LogP contribution in [0.25, 0.3) is 0 Å². The third kappa shape index (κ3) is 6.61. The number of thiocarbonyl (C=S) groups is 1. The maximum Gasteiger partial charge on any atom is 0.186 e. The lowest BCUT2D eigenvalue weighted by Gasteiger charge is -2.10. The first kappa shape index (κ1) is 20.1. The van der Waals surface area contributed by atoms with Crippen molar-refractivity contribution >= 4 is 34.9 Å². The molecule has 1 aromatic carbocycles. The van der Waals surface area contributed by atoms with Gasteiger partial charge in [-0.05, 0) is 49.3 Å². The number of thiazole rings is 1. The van der Waals surface area contributed by atoms with E-state index in [2.05, 4.69) is 27.8 Å². The molecular formula is C18H24N4O2S2. The molecule has 0 aliphatic carbocycles. The zero-order valence-corrected chi connectivity index (χ0v) is 16.9. The van der Waals surface area contributed by atoms with Gasteiger partial charge in [0.2, 0.25) is 0 Å². The number of hydrogen-bond donors (Lipinski definition) is 2. The van der Waals surface area contributed by atoms with Crippen LogP contribution >= 0.6 is 23.6 Å². The van der Waals surface area contributed by atoms with Gasteiger partial charge >= 0.3 is 0 Å². The van der Waals surface area contributed by atoms with E-state index in [0.717, 1.165) is 35.7 Å². The largest absolute Gasteiger partial charge is 0.493 e. The molecule has 0 fully saturated rings. The smallest absolute Gasteiger partial charge is 0.186 e. The number of aryl methyl sites for hydroxylation is 1. The number of ether oxygens (including phenoxy) is 2. The highest BCUT2D eigenvalue weighted by Gasteiger charge is 2.07. The Labute approximate surface area is 163 Å². The molecule has 0 atom stereocenters. The number of aromatic nitrogens is 1. The van der Waals surface area contributed by atoms with Gasteiger partial charge in [0.05, 0.1) is 24.0 Å². The normalized spacial score (nSPS) is 10.7. The SMILES string of the molecule is CCCCNC(=S)N/N=C\c1ccc(OCc2csc(C)n2)c(OC)c1. The number of benzene rings is 1. The molecule has 2 N–H and O–H groups in total. The maximum absolute atomic E-state index is 5.81. The molecule has 0 amide bonds. The summed E-state index contributed by atoms with van der Waals surface area (Å²) in [5, 5.41) is 10.8. The van der Waals surface area contributed by atoms with Crippen molar-refractivity contribution in [3.8, 4) is 11.5 Å². The van der Waals surface area contributed by atoms with Crippen LogP contribution in [0.1, 0.15) is 36.0 Å². The van der Waals surface area contributed by atoms with Crippen molar-refractivity contribution in [2.75, 3.05) is 13.7 Å². The molecule has 0 spiro atoms. The highest BCUT2D eigenvalue weighted by Crippen LogP contribution is 2.28. The van der Waals surface area contributed by atoms with Crippen molar-refractivity contribution < 1.29 is 9.47 Å². The highest BCUT2D eigenvalue weighted by molar-refractivity contribution is 7.80. The van der Waals surface area contributed by atoms with E-state index < -0.39 is 0 Å². The van der Waals surface area contributed by atoms with Crippen LogP contribution in [0.4, 0.5) is 0 Å². The number of unbranched alkanes of at least 4 members (excludes halogenated alkanes) is 1. The molecule has 0 saturated carbocycles. The molecule has 26 heavy (non-hydrogen) atoms. The van der Waals surface area contributed by atoms with Crippen molar-refractivity contribution in [3.05, 3.63) is 39.8 Å². The molecule has 0 unspecified atom stereocenters. The molecule has 2 rings (SSSR count). The van der Waals surface area contributed by atoms with E-state index in [-0.39, 0.29) is 0 Å². The summed E-state index contributed by atoms with van der Waals surface area (Å²) in [7, 11) is 1.61. The first-order valence-corrected chi connectivity index (χ1v) is 9.70. The van der Waals surface area contributed by atoms with Gasteiger partial charge in [-0.2, -0.15) is 5.10 Å². The predicted molar refractivity (Wildman–Crippen MR) is 110 cm³/mol. The molecule has 0 aliphatic rings. The quantitative estimate of drug-likeness (QED) is 0.294. The summed E-state index contributed by atoms with van der Waals surface area (Å²) in [5.74, 6) is 1.31. The molecule has 140 valence electrons. The van der Waals surface area contributed by atoms with Gasteiger partial charge in [-0.15, -0.1) is 11.3 Å². The second-order valence-electron chi connectivity index (χ2n) is 5.54. The van der Waals surface area contributed by atoms with Crippen LogP contribution in [0.3, 0.4) is 0 Å². The number of rotatable bonds is 9. The minimum atomic E-state index is 0.410. The van der Waals surface area contributed by atoms with Crippen molar-refractivity contribution in [1.82, 2.24) is 15.7 Å². The van der Waals surface area contributed by atoms with Crippen LogP contribution < -0.4 is 20.2 Å². The van der Waals surface area contributed by atoms with Crippen LogP contribution in [0, 0.1) is 6.92 Å². The summed E-state index contributed by atoms with van der Waals surface area (Å²) in [6, 6.07) is 5.63. The monoisotopic (exact) mass is 392 g/mol. The molecule has 6 nitrogen and oxygen atoms in total. The van der Waals surface area contributed by atoms with E-state index in [9.17, 15) is 0 Å². The van der Waals surface area contributed by atoms with Gasteiger partial charge in [0.15, 0.2) is 16.6 Å². The lowest BCUT2D eigenvalue weighted by molar-refractivity contribution is 0.281. The van der Waals surface area contributed by atoms with Crippen molar-refractivity contribution in [2.24, 2.45) is 5.10 Å². The van der Waals surface area contributed by atoms with Gasteiger partial charge < -0.3 is 14.8 Å². The topological polar surface area (TPSA) is 67.8 Å². The number of hydrazone groups is 1. The van der Waals surface area contributed by atoms with Gasteiger partial charge in [0.1, 0.15) is 6.61 Å². The van der Waals surface area contributed by atoms with E-state index >= 15 is 0 Å². The molecule has 0 saturated heterocycles. The summed E-state index contributed by atoms with van der Waals surface area (Å²) in [4.78, 5) is 4.39. The second-order valence-corrected chi connectivity index (χ2v) is 7.01. The Morgan fingerprint density at radius 3 is 2.92 bits per heavy atom. The highest BCUT2D eigenvalue weighted by atomic mass is 32.1. The van der Waals surface area contributed by atoms with Crippen molar-refractivity contribution in [3.63, 3.8) is 0 Å². The summed E-state index contributed by atoms with van der Waals surface area (Å²) in [6.07, 6.45) is 3.88. The van der Waals surface area contributed by atoms with Crippen LogP contribution in [-0.4, -0.2) is 30.0 Å². The zero-order valence-electron chi connectivity index (χ0n) is 15.2.